The Morgan fingerprint density at radius 2 is 0.875 bits per heavy atom. The van der Waals surface area contributed by atoms with Crippen LogP contribution in [0.15, 0.2) is 146 Å². The van der Waals surface area contributed by atoms with Crippen LogP contribution in [0.4, 0.5) is 0 Å². The first-order valence-electron chi connectivity index (χ1n) is 13.9. The smallest absolute Gasteiger partial charge is 0.242 e. The SMILES string of the molecule is C(=C\c1ccc(-n2c3ccccc3c3ccccc32)cc1)/c1ccc(B2c3ccccc3-c3ccccc32)cc1. The number of aromatic nitrogens is 1. The zero-order chi connectivity index (χ0) is 26.5. The van der Waals surface area contributed by atoms with Crippen molar-refractivity contribution in [1.82, 2.24) is 4.57 Å². The molecule has 0 saturated carbocycles. The predicted octanol–water partition coefficient (Wildman–Crippen LogP) is 7.45. The number of rotatable bonds is 4. The van der Waals surface area contributed by atoms with E-state index in [4.69, 9.17) is 0 Å². The molecule has 7 aromatic rings. The van der Waals surface area contributed by atoms with Gasteiger partial charge in [0.25, 0.3) is 0 Å². The number of benzene rings is 6. The zero-order valence-electron chi connectivity index (χ0n) is 22.0. The Hall–Kier alpha value is -5.08. The largest absolute Gasteiger partial charge is 0.309 e. The van der Waals surface area contributed by atoms with Crippen LogP contribution in [0, 0.1) is 0 Å². The molecule has 2 heteroatoms. The standard InChI is InChI=1S/C38H26BN/c1-5-13-35-31(9-1)32-10-2-6-14-36(32)39(35)29-23-19-27(20-24-29)17-18-28-21-25-30(26-22-28)40-37-15-7-3-11-33(37)34-12-4-8-16-38(34)40/h1-26H/b18-17+. The van der Waals surface area contributed by atoms with Crippen molar-refractivity contribution in [3.63, 3.8) is 0 Å². The molecule has 1 aliphatic rings. The molecule has 1 aliphatic heterocycles. The molecule has 0 amide bonds. The molecule has 40 heavy (non-hydrogen) atoms. The van der Waals surface area contributed by atoms with E-state index in [9.17, 15) is 0 Å². The molecule has 0 radical (unpaired) electrons. The van der Waals surface area contributed by atoms with E-state index < -0.39 is 0 Å². The minimum Gasteiger partial charge on any atom is -0.309 e. The fourth-order valence-electron chi connectivity index (χ4n) is 6.44. The molecular weight excluding hydrogens is 481 g/mol. The van der Waals surface area contributed by atoms with Crippen LogP contribution in [-0.2, 0) is 0 Å². The molecule has 2 heterocycles. The van der Waals surface area contributed by atoms with Crippen molar-refractivity contribution < 1.29 is 0 Å². The molecule has 0 aliphatic carbocycles. The summed E-state index contributed by atoms with van der Waals surface area (Å²) in [6.45, 7) is 0.291. The second-order valence-corrected chi connectivity index (χ2v) is 10.6. The van der Waals surface area contributed by atoms with Crippen molar-refractivity contribution in [3.05, 3.63) is 157 Å². The van der Waals surface area contributed by atoms with Gasteiger partial charge in [-0.2, -0.15) is 0 Å². The molecule has 8 rings (SSSR count). The highest BCUT2D eigenvalue weighted by Gasteiger charge is 2.32. The minimum absolute atomic E-state index is 0.291. The maximum atomic E-state index is 2.36. The Kier molecular flexibility index (Phi) is 5.31. The zero-order valence-corrected chi connectivity index (χ0v) is 22.0. The van der Waals surface area contributed by atoms with Gasteiger partial charge in [-0.3, -0.25) is 0 Å². The molecule has 1 nitrogen and oxygen atoms in total. The first-order valence-corrected chi connectivity index (χ1v) is 13.9. The Bertz CT molecular complexity index is 1950. The fourth-order valence-corrected chi connectivity index (χ4v) is 6.44. The van der Waals surface area contributed by atoms with Gasteiger partial charge in [-0.05, 0) is 46.5 Å². The van der Waals surface area contributed by atoms with E-state index in [0.717, 1.165) is 0 Å². The molecule has 0 fully saturated rings. The lowest BCUT2D eigenvalue weighted by Crippen LogP contribution is -2.48. The lowest BCUT2D eigenvalue weighted by Gasteiger charge is -2.11. The molecule has 1 aromatic heterocycles. The molecule has 186 valence electrons. The molecule has 0 saturated heterocycles. The van der Waals surface area contributed by atoms with Crippen molar-refractivity contribution >= 4 is 57.1 Å². The minimum atomic E-state index is 0.291. The summed E-state index contributed by atoms with van der Waals surface area (Å²) in [7, 11) is 0. The molecular formula is C38H26BN. The van der Waals surface area contributed by atoms with Gasteiger partial charge < -0.3 is 4.57 Å². The van der Waals surface area contributed by atoms with E-state index >= 15 is 0 Å². The average Bonchev–Trinajstić information content (AvgIpc) is 3.54. The van der Waals surface area contributed by atoms with E-state index in [1.807, 2.05) is 0 Å². The lowest BCUT2D eigenvalue weighted by molar-refractivity contribution is 1.18. The summed E-state index contributed by atoms with van der Waals surface area (Å²) in [6, 6.07) is 52.8. The molecule has 0 N–H and O–H groups in total. The Balaban J connectivity index is 1.07. The number of nitrogens with zero attached hydrogens (tertiary/aromatic N) is 1. The quantitative estimate of drug-likeness (QED) is 0.172. The third-order valence-corrected chi connectivity index (χ3v) is 8.30. The van der Waals surface area contributed by atoms with Crippen LogP contribution < -0.4 is 16.4 Å². The first kappa shape index (κ1) is 22.9. The highest BCUT2D eigenvalue weighted by molar-refractivity contribution is 6.99. The molecule has 0 unspecified atom stereocenters. The summed E-state index contributed by atoms with van der Waals surface area (Å²) in [6.07, 6.45) is 4.40. The summed E-state index contributed by atoms with van der Waals surface area (Å²) < 4.78 is 2.36. The maximum Gasteiger partial charge on any atom is 0.242 e. The van der Waals surface area contributed by atoms with Crippen LogP contribution >= 0.6 is 0 Å². The first-order chi connectivity index (χ1) is 19.8. The summed E-state index contributed by atoms with van der Waals surface area (Å²) >= 11 is 0. The molecule has 0 spiro atoms. The van der Waals surface area contributed by atoms with Crippen molar-refractivity contribution in [2.45, 2.75) is 0 Å². The monoisotopic (exact) mass is 507 g/mol. The van der Waals surface area contributed by atoms with Gasteiger partial charge in [0.15, 0.2) is 0 Å². The molecule has 0 bridgehead atoms. The topological polar surface area (TPSA) is 4.93 Å². The number of hydrogen-bond acceptors (Lipinski definition) is 0. The van der Waals surface area contributed by atoms with Crippen molar-refractivity contribution in [2.75, 3.05) is 0 Å². The second kappa shape index (κ2) is 9.29. The molecule has 6 aromatic carbocycles. The van der Waals surface area contributed by atoms with Gasteiger partial charge >= 0.3 is 0 Å². The van der Waals surface area contributed by atoms with Crippen LogP contribution in [0.5, 0.6) is 0 Å². The highest BCUT2D eigenvalue weighted by atomic mass is 15.0. The third kappa shape index (κ3) is 3.65. The number of fused-ring (bicyclic) bond motifs is 6. The van der Waals surface area contributed by atoms with Crippen LogP contribution in [0.3, 0.4) is 0 Å². The van der Waals surface area contributed by atoms with E-state index in [0.29, 0.717) is 6.71 Å². The van der Waals surface area contributed by atoms with E-state index in [1.54, 1.807) is 0 Å². The lowest BCUT2D eigenvalue weighted by atomic mass is 9.39. The van der Waals surface area contributed by atoms with E-state index in [2.05, 4.69) is 162 Å². The Morgan fingerprint density at radius 3 is 1.43 bits per heavy atom. The van der Waals surface area contributed by atoms with Crippen LogP contribution in [0.2, 0.25) is 0 Å². The number of para-hydroxylation sites is 2. The van der Waals surface area contributed by atoms with Gasteiger partial charge in [-0.25, -0.2) is 0 Å². The Morgan fingerprint density at radius 1 is 0.425 bits per heavy atom. The van der Waals surface area contributed by atoms with Crippen LogP contribution in [-0.4, -0.2) is 11.3 Å². The maximum absolute atomic E-state index is 2.36. The fraction of sp³-hybridized carbons (Fsp3) is 0. The van der Waals surface area contributed by atoms with Crippen molar-refractivity contribution in [2.24, 2.45) is 0 Å². The van der Waals surface area contributed by atoms with Gasteiger partial charge in [0, 0.05) is 16.5 Å². The number of hydrogen-bond donors (Lipinski definition) is 0. The molecule has 0 atom stereocenters. The average molecular weight is 507 g/mol. The third-order valence-electron chi connectivity index (χ3n) is 8.30. The van der Waals surface area contributed by atoms with E-state index in [1.165, 1.54) is 66.1 Å². The van der Waals surface area contributed by atoms with Gasteiger partial charge in [0.05, 0.1) is 11.0 Å². The van der Waals surface area contributed by atoms with Crippen molar-refractivity contribution in [3.8, 4) is 16.8 Å². The van der Waals surface area contributed by atoms with Gasteiger partial charge in [-0.15, -0.1) is 0 Å². The van der Waals surface area contributed by atoms with Crippen LogP contribution in [0.25, 0.3) is 50.8 Å². The van der Waals surface area contributed by atoms with Crippen molar-refractivity contribution in [1.29, 1.82) is 0 Å². The normalized spacial score (nSPS) is 12.3. The summed E-state index contributed by atoms with van der Waals surface area (Å²) in [4.78, 5) is 0. The van der Waals surface area contributed by atoms with E-state index in [-0.39, 0.29) is 0 Å². The second-order valence-electron chi connectivity index (χ2n) is 10.6. The van der Waals surface area contributed by atoms with Crippen LogP contribution in [0.1, 0.15) is 11.1 Å². The summed E-state index contributed by atoms with van der Waals surface area (Å²) in [5.41, 5.74) is 12.9. The van der Waals surface area contributed by atoms with Gasteiger partial charge in [0.1, 0.15) is 0 Å². The highest BCUT2D eigenvalue weighted by Crippen LogP contribution is 2.31. The summed E-state index contributed by atoms with van der Waals surface area (Å²) in [5.74, 6) is 0. The van der Waals surface area contributed by atoms with Gasteiger partial charge in [0.2, 0.25) is 6.71 Å². The summed E-state index contributed by atoms with van der Waals surface area (Å²) in [5, 5.41) is 2.57. The predicted molar refractivity (Wildman–Crippen MR) is 173 cm³/mol. The Labute approximate surface area is 234 Å². The van der Waals surface area contributed by atoms with Gasteiger partial charge in [-0.1, -0.05) is 150 Å².